The molecule has 0 aliphatic carbocycles. The van der Waals surface area contributed by atoms with E-state index in [4.69, 9.17) is 0 Å². The third kappa shape index (κ3) is 2.49. The van der Waals surface area contributed by atoms with Gasteiger partial charge in [-0.25, -0.2) is 13.2 Å². The van der Waals surface area contributed by atoms with Gasteiger partial charge >= 0.3 is 10.1 Å². The number of carbonyl (C=O) groups is 1. The molecule has 1 amide bonds. The zero-order chi connectivity index (χ0) is 17.6. The number of para-hydroxylation sites is 1. The van der Waals surface area contributed by atoms with Crippen LogP contribution < -0.4 is 10.2 Å². The van der Waals surface area contributed by atoms with Gasteiger partial charge in [-0.15, -0.1) is 0 Å². The lowest BCUT2D eigenvalue weighted by Crippen LogP contribution is -2.53. The Hall–Kier alpha value is -2.59. The fourth-order valence-corrected chi connectivity index (χ4v) is 3.13. The summed E-state index contributed by atoms with van der Waals surface area (Å²) in [5.74, 6) is -6.12. The van der Waals surface area contributed by atoms with Crippen LogP contribution in [-0.2, 0) is 10.1 Å². The van der Waals surface area contributed by atoms with Gasteiger partial charge in [0.05, 0.1) is 11.3 Å². The number of amides is 1. The summed E-state index contributed by atoms with van der Waals surface area (Å²) in [6.07, 6.45) is 0. The molecule has 1 aliphatic rings. The minimum atomic E-state index is -4.93. The first kappa shape index (κ1) is 16.3. The zero-order valence-electron chi connectivity index (χ0n) is 11.7. The summed E-state index contributed by atoms with van der Waals surface area (Å²) in [6, 6.07) is 6.95. The van der Waals surface area contributed by atoms with E-state index >= 15 is 0 Å². The van der Waals surface area contributed by atoms with E-state index in [9.17, 15) is 30.9 Å². The van der Waals surface area contributed by atoms with Crippen molar-refractivity contribution >= 4 is 27.4 Å². The molecule has 24 heavy (non-hydrogen) atoms. The second-order valence-corrected chi connectivity index (χ2v) is 6.40. The number of hydrogen-bond acceptors (Lipinski definition) is 4. The van der Waals surface area contributed by atoms with Crippen molar-refractivity contribution in [2.24, 2.45) is 0 Å². The Morgan fingerprint density at radius 2 is 1.71 bits per heavy atom. The molecule has 2 N–H and O–H groups in total. The zero-order valence-corrected chi connectivity index (χ0v) is 12.5. The van der Waals surface area contributed by atoms with Crippen molar-refractivity contribution in [1.82, 2.24) is 0 Å². The van der Waals surface area contributed by atoms with Crippen LogP contribution in [0.3, 0.4) is 0 Å². The van der Waals surface area contributed by atoms with Gasteiger partial charge in [-0.05, 0) is 24.3 Å². The molecule has 1 atom stereocenters. The van der Waals surface area contributed by atoms with E-state index in [1.165, 1.54) is 24.3 Å². The molecule has 0 saturated heterocycles. The van der Waals surface area contributed by atoms with Gasteiger partial charge in [0.2, 0.25) is 5.50 Å². The second-order valence-electron chi connectivity index (χ2n) is 4.93. The monoisotopic (exact) mass is 358 g/mol. The van der Waals surface area contributed by atoms with Crippen molar-refractivity contribution in [1.29, 1.82) is 0 Å². The summed E-state index contributed by atoms with van der Waals surface area (Å²) in [5.41, 5.74) is -2.87. The standard InChI is InChI=1S/C14H9F3N2O4S/c15-8-5-6-10(12(17)11(8)16)19-13(20)7-3-1-2-4-9(7)18-14(19)24(21,22)23/h1-6,14,18H,(H,21,22,23). The Morgan fingerprint density at radius 1 is 1.04 bits per heavy atom. The SMILES string of the molecule is O=C1c2ccccc2NC(S(=O)(=O)O)N1c1ccc(F)c(F)c1F. The van der Waals surface area contributed by atoms with Gasteiger partial charge in [0.25, 0.3) is 5.91 Å². The molecule has 0 fully saturated rings. The summed E-state index contributed by atoms with van der Waals surface area (Å²) in [5, 5.41) is 2.36. The summed E-state index contributed by atoms with van der Waals surface area (Å²) in [6.45, 7) is 0. The molecule has 0 spiro atoms. The Labute approximate surface area is 134 Å². The maximum absolute atomic E-state index is 14.0. The van der Waals surface area contributed by atoms with Crippen LogP contribution in [-0.4, -0.2) is 24.4 Å². The van der Waals surface area contributed by atoms with Crippen LogP contribution in [0.15, 0.2) is 36.4 Å². The highest BCUT2D eigenvalue weighted by Crippen LogP contribution is 2.33. The van der Waals surface area contributed by atoms with E-state index in [1.54, 1.807) is 0 Å². The van der Waals surface area contributed by atoms with Gasteiger partial charge in [0, 0.05) is 5.69 Å². The lowest BCUT2D eigenvalue weighted by atomic mass is 10.1. The average molecular weight is 358 g/mol. The van der Waals surface area contributed by atoms with E-state index in [2.05, 4.69) is 5.32 Å². The summed E-state index contributed by atoms with van der Waals surface area (Å²) in [4.78, 5) is 12.9. The number of nitrogens with one attached hydrogen (secondary N) is 1. The number of rotatable bonds is 2. The van der Waals surface area contributed by atoms with Crippen LogP contribution in [0.4, 0.5) is 24.5 Å². The Kier molecular flexibility index (Phi) is 3.73. The molecule has 1 unspecified atom stereocenters. The summed E-state index contributed by atoms with van der Waals surface area (Å²) >= 11 is 0. The number of carbonyl (C=O) groups excluding carboxylic acids is 1. The molecule has 1 heterocycles. The Balaban J connectivity index is 2.24. The van der Waals surface area contributed by atoms with E-state index in [-0.39, 0.29) is 11.3 Å². The number of nitrogens with zero attached hydrogens (tertiary/aromatic N) is 1. The first-order valence-electron chi connectivity index (χ1n) is 6.50. The minimum Gasteiger partial charge on any atom is -0.350 e. The first-order valence-corrected chi connectivity index (χ1v) is 8.01. The second kappa shape index (κ2) is 5.49. The van der Waals surface area contributed by atoms with Crippen LogP contribution in [0, 0.1) is 17.5 Å². The number of fused-ring (bicyclic) bond motifs is 1. The van der Waals surface area contributed by atoms with E-state index in [0.717, 1.165) is 0 Å². The topological polar surface area (TPSA) is 86.7 Å². The van der Waals surface area contributed by atoms with Gasteiger partial charge in [-0.3, -0.25) is 14.2 Å². The maximum atomic E-state index is 14.0. The van der Waals surface area contributed by atoms with Crippen LogP contribution in [0.1, 0.15) is 10.4 Å². The van der Waals surface area contributed by atoms with Gasteiger partial charge in [-0.1, -0.05) is 12.1 Å². The molecular formula is C14H9F3N2O4S. The normalized spacial score (nSPS) is 17.4. The van der Waals surface area contributed by atoms with Crippen LogP contribution in [0.5, 0.6) is 0 Å². The molecule has 1 aliphatic heterocycles. The van der Waals surface area contributed by atoms with Crippen LogP contribution in [0.25, 0.3) is 0 Å². The minimum absolute atomic E-state index is 0.0264. The van der Waals surface area contributed by atoms with E-state index in [1.807, 2.05) is 0 Å². The van der Waals surface area contributed by atoms with Crippen molar-refractivity contribution in [3.8, 4) is 0 Å². The fourth-order valence-electron chi connectivity index (χ4n) is 2.37. The van der Waals surface area contributed by atoms with Crippen LogP contribution >= 0.6 is 0 Å². The predicted molar refractivity (Wildman–Crippen MR) is 78.5 cm³/mol. The van der Waals surface area contributed by atoms with Gasteiger partial charge in [0.1, 0.15) is 0 Å². The van der Waals surface area contributed by atoms with Crippen LogP contribution in [0.2, 0.25) is 0 Å². The van der Waals surface area contributed by atoms with Crippen molar-refractivity contribution < 1.29 is 30.9 Å². The third-order valence-electron chi connectivity index (χ3n) is 3.45. The molecule has 0 aromatic heterocycles. The van der Waals surface area contributed by atoms with Crippen molar-refractivity contribution in [3.63, 3.8) is 0 Å². The molecule has 126 valence electrons. The van der Waals surface area contributed by atoms with Gasteiger partial charge < -0.3 is 5.32 Å². The summed E-state index contributed by atoms with van der Waals surface area (Å²) in [7, 11) is -4.93. The number of hydrogen-bond donors (Lipinski definition) is 2. The molecule has 0 bridgehead atoms. The molecule has 0 saturated carbocycles. The average Bonchev–Trinajstić information content (AvgIpc) is 2.53. The maximum Gasteiger partial charge on any atom is 0.306 e. The quantitative estimate of drug-likeness (QED) is 0.636. The largest absolute Gasteiger partial charge is 0.350 e. The highest BCUT2D eigenvalue weighted by atomic mass is 32.2. The fraction of sp³-hybridized carbons (Fsp3) is 0.0714. The van der Waals surface area contributed by atoms with Gasteiger partial charge in [0.15, 0.2) is 17.5 Å². The number of halogens is 3. The summed E-state index contributed by atoms with van der Waals surface area (Å²) < 4.78 is 73.2. The van der Waals surface area contributed by atoms with Crippen molar-refractivity contribution in [2.45, 2.75) is 5.50 Å². The van der Waals surface area contributed by atoms with Crippen molar-refractivity contribution in [3.05, 3.63) is 59.4 Å². The number of anilines is 2. The highest BCUT2D eigenvalue weighted by Gasteiger charge is 2.41. The lowest BCUT2D eigenvalue weighted by Gasteiger charge is -2.35. The molecule has 6 nitrogen and oxygen atoms in total. The molecular weight excluding hydrogens is 349 g/mol. The lowest BCUT2D eigenvalue weighted by molar-refractivity contribution is 0.0979. The smallest absolute Gasteiger partial charge is 0.306 e. The van der Waals surface area contributed by atoms with Crippen molar-refractivity contribution in [2.75, 3.05) is 10.2 Å². The number of benzene rings is 2. The molecule has 3 rings (SSSR count). The van der Waals surface area contributed by atoms with Gasteiger partial charge in [-0.2, -0.15) is 8.42 Å². The Morgan fingerprint density at radius 3 is 2.38 bits per heavy atom. The molecule has 2 aromatic rings. The molecule has 10 heteroatoms. The third-order valence-corrected chi connectivity index (χ3v) is 4.34. The highest BCUT2D eigenvalue weighted by molar-refractivity contribution is 7.86. The van der Waals surface area contributed by atoms with E-state index < -0.39 is 44.7 Å². The molecule has 2 aromatic carbocycles. The first-order chi connectivity index (χ1) is 11.2. The predicted octanol–water partition coefficient (Wildman–Crippen LogP) is 2.35. The molecule has 0 radical (unpaired) electrons. The Bertz CT molecular complexity index is 949. The van der Waals surface area contributed by atoms with E-state index in [0.29, 0.717) is 17.0 Å².